The lowest BCUT2D eigenvalue weighted by atomic mass is 9.87. The lowest BCUT2D eigenvalue weighted by Crippen LogP contribution is -2.35. The predicted molar refractivity (Wildman–Crippen MR) is 126 cm³/mol. The van der Waals surface area contributed by atoms with E-state index in [1.54, 1.807) is 0 Å². The van der Waals surface area contributed by atoms with Gasteiger partial charge >= 0.3 is 0 Å². The minimum absolute atomic E-state index is 0.0211. The lowest BCUT2D eigenvalue weighted by molar-refractivity contribution is -0.130. The SMILES string of the molecule is CC(C)(C)c1ccc(OCCn2c(CCNC(=O)C3CCCO3)nc3ccccc32)cc1. The van der Waals surface area contributed by atoms with Crippen LogP contribution in [0.5, 0.6) is 5.75 Å². The van der Waals surface area contributed by atoms with Crippen molar-refractivity contribution < 1.29 is 14.3 Å². The fraction of sp³-hybridized carbons (Fsp3) is 0.462. The molecule has 2 heterocycles. The van der Waals surface area contributed by atoms with Crippen LogP contribution in [0.25, 0.3) is 11.0 Å². The van der Waals surface area contributed by atoms with Crippen LogP contribution in [0.2, 0.25) is 0 Å². The molecular formula is C26H33N3O3. The van der Waals surface area contributed by atoms with Crippen LogP contribution in [-0.2, 0) is 27.9 Å². The number of carbonyl (C=O) groups is 1. The molecule has 1 N–H and O–H groups in total. The molecular weight excluding hydrogens is 402 g/mol. The molecule has 1 aliphatic heterocycles. The number of benzene rings is 2. The van der Waals surface area contributed by atoms with Crippen LogP contribution in [-0.4, -0.2) is 41.3 Å². The van der Waals surface area contributed by atoms with E-state index in [4.69, 9.17) is 14.5 Å². The van der Waals surface area contributed by atoms with Gasteiger partial charge in [-0.2, -0.15) is 0 Å². The molecule has 2 aromatic carbocycles. The van der Waals surface area contributed by atoms with Crippen molar-refractivity contribution in [1.29, 1.82) is 0 Å². The zero-order chi connectivity index (χ0) is 22.6. The van der Waals surface area contributed by atoms with Crippen LogP contribution in [0, 0.1) is 0 Å². The molecule has 1 amide bonds. The first kappa shape index (κ1) is 22.3. The molecule has 0 aliphatic carbocycles. The zero-order valence-corrected chi connectivity index (χ0v) is 19.3. The van der Waals surface area contributed by atoms with E-state index in [-0.39, 0.29) is 17.4 Å². The number of carbonyl (C=O) groups excluding carboxylic acids is 1. The van der Waals surface area contributed by atoms with Gasteiger partial charge in [0.05, 0.1) is 17.6 Å². The van der Waals surface area contributed by atoms with Gasteiger partial charge in [-0.3, -0.25) is 4.79 Å². The summed E-state index contributed by atoms with van der Waals surface area (Å²) in [6.45, 7) is 9.07. The summed E-state index contributed by atoms with van der Waals surface area (Å²) < 4.78 is 13.7. The van der Waals surface area contributed by atoms with Gasteiger partial charge in [0, 0.05) is 19.6 Å². The summed E-state index contributed by atoms with van der Waals surface area (Å²) in [5, 5.41) is 3.00. The molecule has 4 rings (SSSR count). The van der Waals surface area contributed by atoms with E-state index in [9.17, 15) is 4.79 Å². The van der Waals surface area contributed by atoms with Crippen molar-refractivity contribution in [2.24, 2.45) is 0 Å². The average Bonchev–Trinajstić information content (AvgIpc) is 3.42. The van der Waals surface area contributed by atoms with E-state index in [0.717, 1.165) is 35.4 Å². The van der Waals surface area contributed by atoms with E-state index < -0.39 is 0 Å². The fourth-order valence-corrected chi connectivity index (χ4v) is 4.07. The van der Waals surface area contributed by atoms with Gasteiger partial charge < -0.3 is 19.4 Å². The lowest BCUT2D eigenvalue weighted by Gasteiger charge is -2.19. The van der Waals surface area contributed by atoms with Gasteiger partial charge in [0.1, 0.15) is 24.3 Å². The molecule has 170 valence electrons. The van der Waals surface area contributed by atoms with Crippen molar-refractivity contribution in [1.82, 2.24) is 14.9 Å². The van der Waals surface area contributed by atoms with Crippen LogP contribution in [0.4, 0.5) is 0 Å². The Labute approximate surface area is 189 Å². The molecule has 0 spiro atoms. The summed E-state index contributed by atoms with van der Waals surface area (Å²) in [6.07, 6.45) is 2.12. The Balaban J connectivity index is 1.38. The molecule has 32 heavy (non-hydrogen) atoms. The van der Waals surface area contributed by atoms with Crippen LogP contribution >= 0.6 is 0 Å². The van der Waals surface area contributed by atoms with E-state index in [1.807, 2.05) is 30.3 Å². The highest BCUT2D eigenvalue weighted by atomic mass is 16.5. The second-order valence-electron chi connectivity index (χ2n) is 9.33. The first-order chi connectivity index (χ1) is 15.4. The van der Waals surface area contributed by atoms with Gasteiger partial charge in [0.25, 0.3) is 0 Å². The summed E-state index contributed by atoms with van der Waals surface area (Å²) >= 11 is 0. The first-order valence-electron chi connectivity index (χ1n) is 11.5. The number of amides is 1. The molecule has 6 heteroatoms. The highest BCUT2D eigenvalue weighted by Gasteiger charge is 2.23. The third kappa shape index (κ3) is 5.30. The number of hydrogen-bond acceptors (Lipinski definition) is 4. The normalized spacial score (nSPS) is 16.4. The molecule has 0 bridgehead atoms. The van der Waals surface area contributed by atoms with Gasteiger partial charge in [-0.25, -0.2) is 4.98 Å². The van der Waals surface area contributed by atoms with E-state index in [1.165, 1.54) is 5.56 Å². The maximum absolute atomic E-state index is 12.2. The Morgan fingerprint density at radius 2 is 1.97 bits per heavy atom. The number of fused-ring (bicyclic) bond motifs is 1. The Hall–Kier alpha value is -2.86. The van der Waals surface area contributed by atoms with Crippen LogP contribution in [0.15, 0.2) is 48.5 Å². The summed E-state index contributed by atoms with van der Waals surface area (Å²) in [7, 11) is 0. The Bertz CT molecular complexity index is 1040. The maximum Gasteiger partial charge on any atom is 0.249 e. The first-order valence-corrected chi connectivity index (χ1v) is 11.5. The van der Waals surface area contributed by atoms with Crippen LogP contribution in [0.3, 0.4) is 0 Å². The minimum Gasteiger partial charge on any atom is -0.492 e. The third-order valence-corrected chi connectivity index (χ3v) is 5.91. The number of ether oxygens (including phenoxy) is 2. The Kier molecular flexibility index (Phi) is 6.80. The van der Waals surface area contributed by atoms with Gasteiger partial charge in [-0.1, -0.05) is 45.0 Å². The van der Waals surface area contributed by atoms with Gasteiger partial charge in [-0.05, 0) is 48.1 Å². The molecule has 0 saturated carbocycles. The van der Waals surface area contributed by atoms with E-state index in [0.29, 0.717) is 32.7 Å². The number of nitrogens with zero attached hydrogens (tertiary/aromatic N) is 2. The van der Waals surface area contributed by atoms with E-state index in [2.05, 4.69) is 48.9 Å². The van der Waals surface area contributed by atoms with Crippen molar-refractivity contribution in [3.8, 4) is 5.75 Å². The molecule has 1 saturated heterocycles. The van der Waals surface area contributed by atoms with E-state index >= 15 is 0 Å². The second kappa shape index (κ2) is 9.74. The van der Waals surface area contributed by atoms with Crippen LogP contribution in [0.1, 0.15) is 45.0 Å². The largest absolute Gasteiger partial charge is 0.492 e. The Morgan fingerprint density at radius 1 is 1.19 bits per heavy atom. The maximum atomic E-state index is 12.2. The standard InChI is InChI=1S/C26H33N3O3/c1-26(2,3)19-10-12-20(13-11-19)31-18-16-29-22-8-5-4-7-21(22)28-24(29)14-15-27-25(30)23-9-6-17-32-23/h4-5,7-8,10-13,23H,6,9,14-18H2,1-3H3,(H,27,30). The molecule has 1 aromatic heterocycles. The number of hydrogen-bond donors (Lipinski definition) is 1. The topological polar surface area (TPSA) is 65.4 Å². The molecule has 0 radical (unpaired) electrons. The van der Waals surface area contributed by atoms with Crippen molar-refractivity contribution in [3.63, 3.8) is 0 Å². The van der Waals surface area contributed by atoms with Gasteiger partial charge in [-0.15, -0.1) is 0 Å². The number of rotatable bonds is 8. The molecule has 1 fully saturated rings. The predicted octanol–water partition coefficient (Wildman–Crippen LogP) is 4.25. The highest BCUT2D eigenvalue weighted by Crippen LogP contribution is 2.24. The quantitative estimate of drug-likeness (QED) is 0.574. The fourth-order valence-electron chi connectivity index (χ4n) is 4.07. The third-order valence-electron chi connectivity index (χ3n) is 5.91. The molecule has 1 aliphatic rings. The van der Waals surface area contributed by atoms with Crippen molar-refractivity contribution in [2.45, 2.75) is 58.1 Å². The van der Waals surface area contributed by atoms with Gasteiger partial charge in [0.2, 0.25) is 5.91 Å². The average molecular weight is 436 g/mol. The summed E-state index contributed by atoms with van der Waals surface area (Å²) in [4.78, 5) is 17.0. The highest BCUT2D eigenvalue weighted by molar-refractivity contribution is 5.81. The van der Waals surface area contributed by atoms with Gasteiger partial charge in [0.15, 0.2) is 0 Å². The number of aromatic nitrogens is 2. The molecule has 3 aromatic rings. The second-order valence-corrected chi connectivity index (χ2v) is 9.33. The zero-order valence-electron chi connectivity index (χ0n) is 19.3. The summed E-state index contributed by atoms with van der Waals surface area (Å²) in [6, 6.07) is 16.4. The smallest absolute Gasteiger partial charge is 0.249 e. The Morgan fingerprint density at radius 3 is 2.69 bits per heavy atom. The number of nitrogens with one attached hydrogen (secondary N) is 1. The van der Waals surface area contributed by atoms with Crippen molar-refractivity contribution >= 4 is 16.9 Å². The van der Waals surface area contributed by atoms with Crippen molar-refractivity contribution in [2.75, 3.05) is 19.8 Å². The minimum atomic E-state index is -0.299. The number of para-hydroxylation sites is 2. The van der Waals surface area contributed by atoms with Crippen molar-refractivity contribution in [3.05, 3.63) is 59.9 Å². The summed E-state index contributed by atoms with van der Waals surface area (Å²) in [5.41, 5.74) is 3.46. The molecule has 1 atom stereocenters. The summed E-state index contributed by atoms with van der Waals surface area (Å²) in [5.74, 6) is 1.80. The monoisotopic (exact) mass is 435 g/mol. The van der Waals surface area contributed by atoms with Crippen LogP contribution < -0.4 is 10.1 Å². The molecule has 6 nitrogen and oxygen atoms in total. The molecule has 1 unspecified atom stereocenters. The number of imidazole rings is 1.